The Kier molecular flexibility index (Phi) is 3.93. The normalized spacial score (nSPS) is 15.3. The molecule has 1 aromatic heterocycles. The Morgan fingerprint density at radius 2 is 2.35 bits per heavy atom. The summed E-state index contributed by atoms with van der Waals surface area (Å²) in [5.74, 6) is 1.22. The molecule has 0 saturated heterocycles. The molecule has 5 heteroatoms. The van der Waals surface area contributed by atoms with Crippen molar-refractivity contribution in [3.63, 3.8) is 0 Å². The van der Waals surface area contributed by atoms with E-state index in [0.29, 0.717) is 11.8 Å². The minimum absolute atomic E-state index is 0.597. The Morgan fingerprint density at radius 1 is 1.47 bits per heavy atom. The molecule has 92 valence electrons. The first-order valence-corrected chi connectivity index (χ1v) is 5.80. The number of anilines is 1. The van der Waals surface area contributed by atoms with E-state index in [4.69, 9.17) is 4.74 Å². The van der Waals surface area contributed by atoms with E-state index in [0.717, 1.165) is 31.7 Å². The standard InChI is InChI=1S/C12H18N4O/c1-9-7-11(17-2)16-12(15-9)14-8-10-3-5-13-6-4-10/h3,7,13H,4-6,8H2,1-2H3,(H,14,15,16). The molecule has 5 nitrogen and oxygen atoms in total. The molecule has 0 atom stereocenters. The molecule has 0 radical (unpaired) electrons. The molecule has 2 N–H and O–H groups in total. The van der Waals surface area contributed by atoms with Gasteiger partial charge in [0.05, 0.1) is 7.11 Å². The van der Waals surface area contributed by atoms with Gasteiger partial charge in [0.1, 0.15) is 0 Å². The molecule has 0 amide bonds. The zero-order chi connectivity index (χ0) is 12.1. The minimum atomic E-state index is 0.597. The first-order valence-electron chi connectivity index (χ1n) is 5.80. The van der Waals surface area contributed by atoms with Gasteiger partial charge in [0.2, 0.25) is 11.8 Å². The average Bonchev–Trinajstić information content (AvgIpc) is 2.37. The summed E-state index contributed by atoms with van der Waals surface area (Å²) >= 11 is 0. The van der Waals surface area contributed by atoms with Crippen molar-refractivity contribution in [3.05, 3.63) is 23.4 Å². The van der Waals surface area contributed by atoms with Gasteiger partial charge < -0.3 is 15.4 Å². The second kappa shape index (κ2) is 5.63. The van der Waals surface area contributed by atoms with Crippen LogP contribution in [0.5, 0.6) is 5.88 Å². The van der Waals surface area contributed by atoms with Crippen LogP contribution in [0.2, 0.25) is 0 Å². The maximum absolute atomic E-state index is 5.11. The highest BCUT2D eigenvalue weighted by atomic mass is 16.5. The van der Waals surface area contributed by atoms with E-state index in [1.807, 2.05) is 13.0 Å². The van der Waals surface area contributed by atoms with Gasteiger partial charge >= 0.3 is 0 Å². The third-order valence-electron chi connectivity index (χ3n) is 2.67. The number of aromatic nitrogens is 2. The molecular formula is C12H18N4O. The van der Waals surface area contributed by atoms with Crippen LogP contribution in [0.15, 0.2) is 17.7 Å². The van der Waals surface area contributed by atoms with Gasteiger partial charge in [-0.25, -0.2) is 4.98 Å². The van der Waals surface area contributed by atoms with E-state index >= 15 is 0 Å². The first-order chi connectivity index (χ1) is 8.28. The fourth-order valence-electron chi connectivity index (χ4n) is 1.75. The van der Waals surface area contributed by atoms with E-state index in [1.165, 1.54) is 5.57 Å². The third-order valence-corrected chi connectivity index (χ3v) is 2.67. The molecule has 0 aliphatic carbocycles. The zero-order valence-corrected chi connectivity index (χ0v) is 10.3. The lowest BCUT2D eigenvalue weighted by atomic mass is 10.1. The van der Waals surface area contributed by atoms with Gasteiger partial charge in [-0.05, 0) is 19.9 Å². The predicted octanol–water partition coefficient (Wildman–Crippen LogP) is 1.13. The molecule has 0 spiro atoms. The Hall–Kier alpha value is -1.62. The van der Waals surface area contributed by atoms with Crippen LogP contribution in [0.3, 0.4) is 0 Å². The number of nitrogens with zero attached hydrogens (tertiary/aromatic N) is 2. The van der Waals surface area contributed by atoms with E-state index in [-0.39, 0.29) is 0 Å². The Labute approximate surface area is 101 Å². The molecule has 1 aliphatic heterocycles. The molecule has 17 heavy (non-hydrogen) atoms. The van der Waals surface area contributed by atoms with Crippen molar-refractivity contribution < 1.29 is 4.74 Å². The van der Waals surface area contributed by atoms with Crippen molar-refractivity contribution in [2.75, 3.05) is 32.1 Å². The number of aryl methyl sites for hydroxylation is 1. The molecule has 1 aliphatic rings. The summed E-state index contributed by atoms with van der Waals surface area (Å²) in [5, 5.41) is 6.52. The lowest BCUT2D eigenvalue weighted by molar-refractivity contribution is 0.397. The maximum atomic E-state index is 5.11. The summed E-state index contributed by atoms with van der Waals surface area (Å²) in [4.78, 5) is 8.57. The highest BCUT2D eigenvalue weighted by Gasteiger charge is 2.05. The second-order valence-electron chi connectivity index (χ2n) is 4.05. The van der Waals surface area contributed by atoms with E-state index in [9.17, 15) is 0 Å². The van der Waals surface area contributed by atoms with Gasteiger partial charge in [-0.1, -0.05) is 11.6 Å². The number of methoxy groups -OCH3 is 1. The molecule has 2 heterocycles. The minimum Gasteiger partial charge on any atom is -0.481 e. The van der Waals surface area contributed by atoms with Gasteiger partial charge in [-0.3, -0.25) is 0 Å². The van der Waals surface area contributed by atoms with Crippen molar-refractivity contribution in [1.82, 2.24) is 15.3 Å². The lowest BCUT2D eigenvalue weighted by Gasteiger charge is -2.14. The SMILES string of the molecule is COc1cc(C)nc(NCC2=CCNCC2)n1. The fourth-order valence-corrected chi connectivity index (χ4v) is 1.75. The third kappa shape index (κ3) is 3.42. The van der Waals surface area contributed by atoms with E-state index in [2.05, 4.69) is 26.7 Å². The highest BCUT2D eigenvalue weighted by molar-refractivity contribution is 5.32. The van der Waals surface area contributed by atoms with E-state index in [1.54, 1.807) is 7.11 Å². The van der Waals surface area contributed by atoms with Crippen molar-refractivity contribution in [3.8, 4) is 5.88 Å². The van der Waals surface area contributed by atoms with Gasteiger partial charge in [0.25, 0.3) is 0 Å². The molecule has 0 aromatic carbocycles. The van der Waals surface area contributed by atoms with Crippen LogP contribution in [0, 0.1) is 6.92 Å². The first kappa shape index (κ1) is 11.9. The Bertz CT molecular complexity index is 417. The molecule has 0 unspecified atom stereocenters. The second-order valence-corrected chi connectivity index (χ2v) is 4.05. The van der Waals surface area contributed by atoms with Crippen molar-refractivity contribution in [2.45, 2.75) is 13.3 Å². The average molecular weight is 234 g/mol. The summed E-state index contributed by atoms with van der Waals surface area (Å²) in [6.45, 7) is 4.73. The van der Waals surface area contributed by atoms with Crippen LogP contribution in [-0.2, 0) is 0 Å². The summed E-state index contributed by atoms with van der Waals surface area (Å²) in [5.41, 5.74) is 2.30. The topological polar surface area (TPSA) is 59.1 Å². The summed E-state index contributed by atoms with van der Waals surface area (Å²) < 4.78 is 5.11. The Balaban J connectivity index is 1.98. The monoisotopic (exact) mass is 234 g/mol. The van der Waals surface area contributed by atoms with Gasteiger partial charge in [0, 0.05) is 24.8 Å². The van der Waals surface area contributed by atoms with Crippen molar-refractivity contribution in [1.29, 1.82) is 0 Å². The van der Waals surface area contributed by atoms with Crippen molar-refractivity contribution >= 4 is 5.95 Å². The largest absolute Gasteiger partial charge is 0.481 e. The van der Waals surface area contributed by atoms with Gasteiger partial charge in [-0.15, -0.1) is 0 Å². The number of hydrogen-bond donors (Lipinski definition) is 2. The maximum Gasteiger partial charge on any atom is 0.226 e. The number of ether oxygens (including phenoxy) is 1. The van der Waals surface area contributed by atoms with Crippen LogP contribution in [0.4, 0.5) is 5.95 Å². The fraction of sp³-hybridized carbons (Fsp3) is 0.500. The molecule has 0 bridgehead atoms. The van der Waals surface area contributed by atoms with Crippen LogP contribution >= 0.6 is 0 Å². The van der Waals surface area contributed by atoms with Crippen molar-refractivity contribution in [2.24, 2.45) is 0 Å². The van der Waals surface area contributed by atoms with E-state index < -0.39 is 0 Å². The molecule has 0 fully saturated rings. The van der Waals surface area contributed by atoms with Crippen LogP contribution < -0.4 is 15.4 Å². The van der Waals surface area contributed by atoms with Crippen LogP contribution in [-0.4, -0.2) is 36.7 Å². The zero-order valence-electron chi connectivity index (χ0n) is 10.3. The summed E-state index contributed by atoms with van der Waals surface area (Å²) in [6, 6.07) is 1.81. The smallest absolute Gasteiger partial charge is 0.226 e. The van der Waals surface area contributed by atoms with Gasteiger partial charge in [0.15, 0.2) is 0 Å². The highest BCUT2D eigenvalue weighted by Crippen LogP contribution is 2.12. The quantitative estimate of drug-likeness (QED) is 0.765. The molecule has 1 aromatic rings. The molecule has 2 rings (SSSR count). The number of hydrogen-bond acceptors (Lipinski definition) is 5. The Morgan fingerprint density at radius 3 is 3.06 bits per heavy atom. The summed E-state index contributed by atoms with van der Waals surface area (Å²) in [7, 11) is 1.61. The van der Waals surface area contributed by atoms with Gasteiger partial charge in [-0.2, -0.15) is 4.98 Å². The lowest BCUT2D eigenvalue weighted by Crippen LogP contribution is -2.23. The molecular weight excluding hydrogens is 216 g/mol. The predicted molar refractivity (Wildman–Crippen MR) is 67.4 cm³/mol. The van der Waals surface area contributed by atoms with Crippen LogP contribution in [0.25, 0.3) is 0 Å². The number of rotatable bonds is 4. The van der Waals surface area contributed by atoms with Crippen LogP contribution in [0.1, 0.15) is 12.1 Å². The number of nitrogens with one attached hydrogen (secondary N) is 2. The molecule has 0 saturated carbocycles. The summed E-state index contributed by atoms with van der Waals surface area (Å²) in [6.07, 6.45) is 3.29.